The molecule has 2 nitrogen and oxygen atoms in total. The van der Waals surface area contributed by atoms with Crippen LogP contribution in [0.4, 0.5) is 0 Å². The largest absolute Gasteiger partial charge is 0.329 e. The smallest absolute Gasteiger partial charge is 0.257 e. The Labute approximate surface area is 85.8 Å². The minimum absolute atomic E-state index is 0.164. The summed E-state index contributed by atoms with van der Waals surface area (Å²) in [6, 6.07) is 5.42. The van der Waals surface area contributed by atoms with Gasteiger partial charge in [0.15, 0.2) is 0 Å². The van der Waals surface area contributed by atoms with Crippen LogP contribution < -0.4 is 5.56 Å². The molecule has 1 aromatic carbocycles. The Kier molecular flexibility index (Phi) is 2.14. The number of hydrogen-bond donors (Lipinski definition) is 1. The van der Waals surface area contributed by atoms with Gasteiger partial charge in [0.1, 0.15) is 0 Å². The van der Waals surface area contributed by atoms with E-state index in [4.69, 9.17) is 11.6 Å². The average Bonchev–Trinajstić information content (AvgIpc) is 2.17. The SMILES string of the molecule is C=Cc1cc(Cl)c2c(=O)[nH]ccc2c1. The highest BCUT2D eigenvalue weighted by Crippen LogP contribution is 2.22. The summed E-state index contributed by atoms with van der Waals surface area (Å²) in [4.78, 5) is 14.0. The molecule has 70 valence electrons. The lowest BCUT2D eigenvalue weighted by atomic mass is 10.1. The van der Waals surface area contributed by atoms with Crippen LogP contribution in [0.5, 0.6) is 0 Å². The van der Waals surface area contributed by atoms with Crippen molar-refractivity contribution in [1.82, 2.24) is 4.98 Å². The van der Waals surface area contributed by atoms with Crippen LogP contribution in [-0.4, -0.2) is 4.98 Å². The van der Waals surface area contributed by atoms with Crippen molar-refractivity contribution in [2.24, 2.45) is 0 Å². The van der Waals surface area contributed by atoms with Crippen molar-refractivity contribution in [3.8, 4) is 0 Å². The fourth-order valence-corrected chi connectivity index (χ4v) is 1.74. The quantitative estimate of drug-likeness (QED) is 0.763. The van der Waals surface area contributed by atoms with Crippen LogP contribution in [0.15, 0.2) is 35.8 Å². The first kappa shape index (κ1) is 9.03. The Morgan fingerprint density at radius 2 is 2.21 bits per heavy atom. The molecule has 0 amide bonds. The third kappa shape index (κ3) is 1.34. The van der Waals surface area contributed by atoms with E-state index in [9.17, 15) is 4.79 Å². The second kappa shape index (κ2) is 3.31. The van der Waals surface area contributed by atoms with Crippen LogP contribution in [0.2, 0.25) is 5.02 Å². The third-order valence-corrected chi connectivity index (χ3v) is 2.38. The predicted molar refractivity (Wildman–Crippen MR) is 59.7 cm³/mol. The van der Waals surface area contributed by atoms with Gasteiger partial charge < -0.3 is 4.98 Å². The van der Waals surface area contributed by atoms with Crippen molar-refractivity contribution in [2.75, 3.05) is 0 Å². The molecule has 0 fully saturated rings. The monoisotopic (exact) mass is 205 g/mol. The maximum absolute atomic E-state index is 11.4. The normalized spacial score (nSPS) is 10.4. The highest BCUT2D eigenvalue weighted by molar-refractivity contribution is 6.35. The lowest BCUT2D eigenvalue weighted by molar-refractivity contribution is 1.28. The Hall–Kier alpha value is -1.54. The molecule has 0 aliphatic carbocycles. The molecule has 0 unspecified atom stereocenters. The molecule has 2 rings (SSSR count). The van der Waals surface area contributed by atoms with Gasteiger partial charge in [0, 0.05) is 6.20 Å². The molecular weight excluding hydrogens is 198 g/mol. The van der Waals surface area contributed by atoms with Gasteiger partial charge in [0.05, 0.1) is 10.4 Å². The Balaban J connectivity index is 2.97. The third-order valence-electron chi connectivity index (χ3n) is 2.08. The molecule has 0 bridgehead atoms. The number of nitrogens with one attached hydrogen (secondary N) is 1. The summed E-state index contributed by atoms with van der Waals surface area (Å²) in [7, 11) is 0. The van der Waals surface area contributed by atoms with E-state index in [1.807, 2.05) is 12.1 Å². The van der Waals surface area contributed by atoms with E-state index in [1.165, 1.54) is 0 Å². The molecule has 0 radical (unpaired) electrons. The Bertz CT molecular complexity index is 557. The summed E-state index contributed by atoms with van der Waals surface area (Å²) in [6.45, 7) is 3.66. The summed E-state index contributed by atoms with van der Waals surface area (Å²) in [5, 5.41) is 1.81. The number of aromatic amines is 1. The zero-order valence-corrected chi connectivity index (χ0v) is 8.14. The van der Waals surface area contributed by atoms with Crippen LogP contribution in [0.25, 0.3) is 16.8 Å². The zero-order chi connectivity index (χ0) is 10.1. The van der Waals surface area contributed by atoms with Gasteiger partial charge in [-0.25, -0.2) is 0 Å². The minimum atomic E-state index is -0.164. The van der Waals surface area contributed by atoms with Crippen molar-refractivity contribution in [3.63, 3.8) is 0 Å². The van der Waals surface area contributed by atoms with Gasteiger partial charge in [-0.3, -0.25) is 4.79 Å². The molecule has 2 aromatic rings. The fraction of sp³-hybridized carbons (Fsp3) is 0. The van der Waals surface area contributed by atoms with E-state index >= 15 is 0 Å². The van der Waals surface area contributed by atoms with E-state index in [0.717, 1.165) is 10.9 Å². The van der Waals surface area contributed by atoms with Crippen LogP contribution in [0.3, 0.4) is 0 Å². The van der Waals surface area contributed by atoms with Crippen molar-refractivity contribution in [2.45, 2.75) is 0 Å². The first-order valence-electron chi connectivity index (χ1n) is 4.16. The number of fused-ring (bicyclic) bond motifs is 1. The number of rotatable bonds is 1. The molecule has 3 heteroatoms. The van der Waals surface area contributed by atoms with Crippen molar-refractivity contribution >= 4 is 28.4 Å². The predicted octanol–water partition coefficient (Wildman–Crippen LogP) is 2.82. The van der Waals surface area contributed by atoms with Crippen LogP contribution in [0, 0.1) is 0 Å². The fourth-order valence-electron chi connectivity index (χ4n) is 1.42. The summed E-state index contributed by atoms with van der Waals surface area (Å²) in [6.07, 6.45) is 3.31. The van der Waals surface area contributed by atoms with Crippen molar-refractivity contribution < 1.29 is 0 Å². The molecule has 0 spiro atoms. The molecule has 1 N–H and O–H groups in total. The van der Waals surface area contributed by atoms with Gasteiger partial charge >= 0.3 is 0 Å². The van der Waals surface area contributed by atoms with E-state index in [1.54, 1.807) is 18.3 Å². The minimum Gasteiger partial charge on any atom is -0.329 e. The number of aromatic nitrogens is 1. The summed E-state index contributed by atoms with van der Waals surface area (Å²) in [5.74, 6) is 0. The maximum Gasteiger partial charge on any atom is 0.257 e. The van der Waals surface area contributed by atoms with Gasteiger partial charge in [-0.05, 0) is 29.1 Å². The maximum atomic E-state index is 11.4. The van der Waals surface area contributed by atoms with E-state index in [0.29, 0.717) is 10.4 Å². The first-order chi connectivity index (χ1) is 6.72. The molecule has 0 saturated carbocycles. The molecule has 1 aromatic heterocycles. The summed E-state index contributed by atoms with van der Waals surface area (Å²) < 4.78 is 0. The second-order valence-corrected chi connectivity index (χ2v) is 3.39. The number of benzene rings is 1. The molecule has 1 heterocycles. The highest BCUT2D eigenvalue weighted by atomic mass is 35.5. The van der Waals surface area contributed by atoms with Crippen LogP contribution in [0.1, 0.15) is 5.56 Å². The topological polar surface area (TPSA) is 32.9 Å². The highest BCUT2D eigenvalue weighted by Gasteiger charge is 2.03. The Morgan fingerprint density at radius 1 is 1.43 bits per heavy atom. The molecule has 0 atom stereocenters. The van der Waals surface area contributed by atoms with E-state index in [2.05, 4.69) is 11.6 Å². The van der Waals surface area contributed by atoms with Crippen molar-refractivity contribution in [3.05, 3.63) is 51.9 Å². The van der Waals surface area contributed by atoms with E-state index < -0.39 is 0 Å². The number of H-pyrrole nitrogens is 1. The molecule has 0 saturated heterocycles. The van der Waals surface area contributed by atoms with Gasteiger partial charge in [-0.15, -0.1) is 0 Å². The van der Waals surface area contributed by atoms with Crippen LogP contribution >= 0.6 is 11.6 Å². The average molecular weight is 206 g/mol. The van der Waals surface area contributed by atoms with Crippen LogP contribution in [-0.2, 0) is 0 Å². The lowest BCUT2D eigenvalue weighted by Gasteiger charge is -2.01. The van der Waals surface area contributed by atoms with Crippen molar-refractivity contribution in [1.29, 1.82) is 0 Å². The zero-order valence-electron chi connectivity index (χ0n) is 7.38. The standard InChI is InChI=1S/C11H8ClNO/c1-2-7-5-8-3-4-13-11(14)10(8)9(12)6-7/h2-6H,1H2,(H,13,14). The number of hydrogen-bond acceptors (Lipinski definition) is 1. The summed E-state index contributed by atoms with van der Waals surface area (Å²) >= 11 is 5.98. The Morgan fingerprint density at radius 3 is 2.93 bits per heavy atom. The second-order valence-electron chi connectivity index (χ2n) is 2.98. The number of pyridine rings is 1. The molecule has 0 aliphatic heterocycles. The first-order valence-corrected chi connectivity index (χ1v) is 4.53. The van der Waals surface area contributed by atoms with E-state index in [-0.39, 0.29) is 5.56 Å². The number of halogens is 1. The molecule has 0 aliphatic rings. The lowest BCUT2D eigenvalue weighted by Crippen LogP contribution is -2.04. The molecule has 14 heavy (non-hydrogen) atoms. The van der Waals surface area contributed by atoms with Gasteiger partial charge in [-0.2, -0.15) is 0 Å². The van der Waals surface area contributed by atoms with Gasteiger partial charge in [0.2, 0.25) is 0 Å². The summed E-state index contributed by atoms with van der Waals surface area (Å²) in [5.41, 5.74) is 0.746. The molecular formula is C11H8ClNO. The van der Waals surface area contributed by atoms with Gasteiger partial charge in [0.25, 0.3) is 5.56 Å². The van der Waals surface area contributed by atoms with Gasteiger partial charge in [-0.1, -0.05) is 24.3 Å².